The Balaban J connectivity index is 1.42. The summed E-state index contributed by atoms with van der Waals surface area (Å²) in [5, 5.41) is 12.4. The second-order valence-electron chi connectivity index (χ2n) is 6.70. The van der Waals surface area contributed by atoms with Crippen LogP contribution in [0.3, 0.4) is 0 Å². The van der Waals surface area contributed by atoms with Crippen LogP contribution in [0.1, 0.15) is 29.9 Å². The van der Waals surface area contributed by atoms with Gasteiger partial charge in [0.1, 0.15) is 24.2 Å². The highest BCUT2D eigenvalue weighted by molar-refractivity contribution is 5.54. The molecule has 0 spiro atoms. The molecule has 0 aliphatic carbocycles. The molecular formula is C21H21N3O4. The highest BCUT2D eigenvalue weighted by atomic mass is 16.5. The number of oxazole rings is 1. The van der Waals surface area contributed by atoms with Gasteiger partial charge in [-0.1, -0.05) is 12.1 Å². The van der Waals surface area contributed by atoms with Crippen molar-refractivity contribution in [3.05, 3.63) is 53.4 Å². The normalized spacial score (nSPS) is 16.1. The van der Waals surface area contributed by atoms with Crippen LogP contribution in [0.15, 0.2) is 45.2 Å². The Hall–Kier alpha value is -3.24. The van der Waals surface area contributed by atoms with Gasteiger partial charge in [0.2, 0.25) is 11.6 Å². The average molecular weight is 379 g/mol. The smallest absolute Gasteiger partial charge is 0.266 e. The summed E-state index contributed by atoms with van der Waals surface area (Å²) in [4.78, 5) is 4.22. The Morgan fingerprint density at radius 3 is 3.00 bits per heavy atom. The van der Waals surface area contributed by atoms with Crippen molar-refractivity contribution in [2.75, 3.05) is 18.5 Å². The van der Waals surface area contributed by atoms with Gasteiger partial charge in [-0.15, -0.1) is 0 Å². The van der Waals surface area contributed by atoms with E-state index in [2.05, 4.69) is 10.3 Å². The van der Waals surface area contributed by atoms with Crippen molar-refractivity contribution >= 4 is 5.88 Å². The summed E-state index contributed by atoms with van der Waals surface area (Å²) >= 11 is 0. The van der Waals surface area contributed by atoms with Crippen molar-refractivity contribution in [2.45, 2.75) is 32.5 Å². The van der Waals surface area contributed by atoms with E-state index in [9.17, 15) is 5.26 Å². The summed E-state index contributed by atoms with van der Waals surface area (Å²) in [7, 11) is 0. The number of aryl methyl sites for hydroxylation is 1. The minimum Gasteiger partial charge on any atom is -0.486 e. The number of benzene rings is 1. The van der Waals surface area contributed by atoms with Crippen LogP contribution in [0.4, 0.5) is 5.88 Å². The van der Waals surface area contributed by atoms with E-state index < -0.39 is 0 Å². The molecule has 0 radical (unpaired) electrons. The van der Waals surface area contributed by atoms with Gasteiger partial charge in [-0.05, 0) is 49.6 Å². The van der Waals surface area contributed by atoms with Crippen LogP contribution in [-0.4, -0.2) is 24.2 Å². The predicted octanol–water partition coefficient (Wildman–Crippen LogP) is 4.28. The number of nitriles is 1. The third-order valence-corrected chi connectivity index (χ3v) is 4.49. The number of nitrogens with one attached hydrogen (secondary N) is 1. The molecule has 0 bridgehead atoms. The first-order chi connectivity index (χ1) is 13.7. The topological polar surface area (TPSA) is 93.5 Å². The second kappa shape index (κ2) is 8.19. The van der Waals surface area contributed by atoms with Crippen molar-refractivity contribution in [3.8, 4) is 23.5 Å². The van der Waals surface area contributed by atoms with Crippen molar-refractivity contribution in [2.24, 2.45) is 0 Å². The number of nitrogens with zero attached hydrogens (tertiary/aromatic N) is 2. The van der Waals surface area contributed by atoms with Crippen LogP contribution < -0.4 is 10.1 Å². The third-order valence-electron chi connectivity index (χ3n) is 4.49. The van der Waals surface area contributed by atoms with Gasteiger partial charge in [0, 0.05) is 13.2 Å². The fourth-order valence-corrected chi connectivity index (χ4v) is 3.06. The van der Waals surface area contributed by atoms with Gasteiger partial charge in [-0.3, -0.25) is 0 Å². The number of hydrogen-bond donors (Lipinski definition) is 1. The third kappa shape index (κ3) is 4.18. The molecule has 28 heavy (non-hydrogen) atoms. The molecule has 7 heteroatoms. The van der Waals surface area contributed by atoms with Crippen molar-refractivity contribution in [3.63, 3.8) is 0 Å². The summed E-state index contributed by atoms with van der Waals surface area (Å²) < 4.78 is 22.8. The van der Waals surface area contributed by atoms with Gasteiger partial charge in [0.05, 0.1) is 6.10 Å². The molecule has 0 saturated carbocycles. The van der Waals surface area contributed by atoms with Crippen LogP contribution in [0.25, 0.3) is 11.7 Å². The van der Waals surface area contributed by atoms with Gasteiger partial charge in [0.25, 0.3) is 5.89 Å². The van der Waals surface area contributed by atoms with Crippen LogP contribution in [0.2, 0.25) is 0 Å². The number of ether oxygens (including phenoxy) is 2. The molecule has 2 aromatic heterocycles. The van der Waals surface area contributed by atoms with Gasteiger partial charge in [0.15, 0.2) is 5.76 Å². The number of rotatable bonds is 7. The Bertz CT molecular complexity index is 980. The quantitative estimate of drug-likeness (QED) is 0.654. The first-order valence-electron chi connectivity index (χ1n) is 9.26. The molecule has 1 saturated heterocycles. The lowest BCUT2D eigenvalue weighted by atomic mass is 10.2. The molecule has 1 N–H and O–H groups in total. The highest BCUT2D eigenvalue weighted by Gasteiger charge is 2.20. The van der Waals surface area contributed by atoms with Crippen LogP contribution >= 0.6 is 0 Å². The fourth-order valence-electron chi connectivity index (χ4n) is 3.06. The summed E-state index contributed by atoms with van der Waals surface area (Å²) in [5.74, 6) is 2.46. The summed E-state index contributed by atoms with van der Waals surface area (Å²) in [6.07, 6.45) is 2.19. The lowest BCUT2D eigenvalue weighted by molar-refractivity contribution is 0.120. The SMILES string of the molecule is Cc1cccc(OCc2ccc(-c3nc(C#N)c(NC[C@H]4CCCO4)o3)o2)c1. The zero-order valence-electron chi connectivity index (χ0n) is 15.6. The Labute approximate surface area is 162 Å². The fraction of sp³-hybridized carbons (Fsp3) is 0.333. The zero-order valence-corrected chi connectivity index (χ0v) is 15.6. The molecule has 1 aromatic carbocycles. The molecular weight excluding hydrogens is 358 g/mol. The van der Waals surface area contributed by atoms with E-state index in [1.165, 1.54) is 0 Å². The maximum atomic E-state index is 9.31. The molecule has 1 aliphatic rings. The number of hydrogen-bond acceptors (Lipinski definition) is 7. The highest BCUT2D eigenvalue weighted by Crippen LogP contribution is 2.28. The summed E-state index contributed by atoms with van der Waals surface area (Å²) in [6, 6.07) is 13.4. The van der Waals surface area contributed by atoms with Gasteiger partial charge in [-0.2, -0.15) is 10.2 Å². The van der Waals surface area contributed by atoms with Crippen LogP contribution in [0, 0.1) is 18.3 Å². The van der Waals surface area contributed by atoms with Gasteiger partial charge < -0.3 is 23.6 Å². The Morgan fingerprint density at radius 1 is 1.29 bits per heavy atom. The summed E-state index contributed by atoms with van der Waals surface area (Å²) in [5.41, 5.74) is 1.33. The standard InChI is InChI=1S/C21H21N3O4/c1-14-4-2-5-15(10-14)26-13-17-7-8-19(27-17)21-24-18(11-22)20(28-21)23-12-16-6-3-9-25-16/h2,4-5,7-8,10,16,23H,3,6,9,12-13H2,1H3/t16-/m1/s1. The number of aromatic nitrogens is 1. The molecule has 144 valence electrons. The molecule has 1 fully saturated rings. The molecule has 4 rings (SSSR count). The van der Waals surface area contributed by atoms with Crippen LogP contribution in [0.5, 0.6) is 5.75 Å². The van der Waals surface area contributed by atoms with E-state index in [4.69, 9.17) is 18.3 Å². The van der Waals surface area contributed by atoms with Crippen molar-refractivity contribution in [1.82, 2.24) is 4.98 Å². The molecule has 7 nitrogen and oxygen atoms in total. The Morgan fingerprint density at radius 2 is 2.21 bits per heavy atom. The lowest BCUT2D eigenvalue weighted by Gasteiger charge is -2.09. The maximum absolute atomic E-state index is 9.31. The van der Waals surface area contributed by atoms with E-state index in [1.807, 2.05) is 37.3 Å². The molecule has 1 atom stereocenters. The monoisotopic (exact) mass is 379 g/mol. The molecule has 3 heterocycles. The molecule has 3 aromatic rings. The van der Waals surface area contributed by atoms with E-state index in [1.54, 1.807) is 12.1 Å². The minimum absolute atomic E-state index is 0.133. The average Bonchev–Trinajstić information content (AvgIpc) is 3.45. The van der Waals surface area contributed by atoms with E-state index >= 15 is 0 Å². The first-order valence-corrected chi connectivity index (χ1v) is 9.26. The maximum Gasteiger partial charge on any atom is 0.266 e. The zero-order chi connectivity index (χ0) is 19.3. The van der Waals surface area contributed by atoms with Gasteiger partial charge in [-0.25, -0.2) is 0 Å². The number of anilines is 1. The van der Waals surface area contributed by atoms with E-state index in [-0.39, 0.29) is 17.7 Å². The summed E-state index contributed by atoms with van der Waals surface area (Å²) in [6.45, 7) is 3.66. The number of furan rings is 1. The van der Waals surface area contributed by atoms with Crippen molar-refractivity contribution in [1.29, 1.82) is 5.26 Å². The van der Waals surface area contributed by atoms with E-state index in [0.717, 1.165) is 30.8 Å². The van der Waals surface area contributed by atoms with Gasteiger partial charge >= 0.3 is 0 Å². The minimum atomic E-state index is 0.133. The second-order valence-corrected chi connectivity index (χ2v) is 6.70. The van der Waals surface area contributed by atoms with E-state index in [0.29, 0.717) is 30.6 Å². The predicted molar refractivity (Wildman–Crippen MR) is 102 cm³/mol. The molecule has 0 amide bonds. The first kappa shape index (κ1) is 18.1. The Kier molecular flexibility index (Phi) is 5.31. The molecule has 0 unspecified atom stereocenters. The lowest BCUT2D eigenvalue weighted by Crippen LogP contribution is -2.18. The van der Waals surface area contributed by atoms with Crippen LogP contribution in [-0.2, 0) is 11.3 Å². The largest absolute Gasteiger partial charge is 0.486 e. The van der Waals surface area contributed by atoms with Crippen molar-refractivity contribution < 1.29 is 18.3 Å². The molecule has 1 aliphatic heterocycles.